The van der Waals surface area contributed by atoms with E-state index in [1.165, 1.54) is 12.1 Å². The van der Waals surface area contributed by atoms with Gasteiger partial charge in [-0.15, -0.1) is 0 Å². The van der Waals surface area contributed by atoms with Crippen LogP contribution in [0.4, 0.5) is 15.4 Å². The Labute approximate surface area is 108 Å². The van der Waals surface area contributed by atoms with Gasteiger partial charge >= 0.3 is 12.2 Å². The van der Waals surface area contributed by atoms with Crippen molar-refractivity contribution in [1.29, 1.82) is 0 Å². The Bertz CT molecular complexity index is 622. The predicted octanol–water partition coefficient (Wildman–Crippen LogP) is 1.53. The van der Waals surface area contributed by atoms with Gasteiger partial charge in [0.15, 0.2) is 5.82 Å². The van der Waals surface area contributed by atoms with E-state index in [1.807, 2.05) is 0 Å². The molecule has 0 radical (unpaired) electrons. The SMILES string of the molecule is CCNC(=O)Nc1cn2ccc(OC(=O)O)cc2n1. The first kappa shape index (κ1) is 12.7. The standard InChI is InChI=1S/C11H12N4O4/c1-2-12-10(16)14-8-6-15-4-3-7(19-11(17)18)5-9(15)13-8/h3-6H,2H2,1H3,(H,17,18)(H2,12,14,16). The van der Waals surface area contributed by atoms with Gasteiger partial charge < -0.3 is 19.6 Å². The number of carbonyl (C=O) groups excluding carboxylic acids is 1. The molecular formula is C11H12N4O4. The second kappa shape index (κ2) is 5.25. The minimum atomic E-state index is -1.39. The van der Waals surface area contributed by atoms with Crippen molar-refractivity contribution in [2.24, 2.45) is 0 Å². The van der Waals surface area contributed by atoms with Gasteiger partial charge in [-0.3, -0.25) is 5.32 Å². The van der Waals surface area contributed by atoms with Crippen LogP contribution in [0.3, 0.4) is 0 Å². The van der Waals surface area contributed by atoms with Gasteiger partial charge in [-0.05, 0) is 13.0 Å². The first-order valence-electron chi connectivity index (χ1n) is 5.53. The van der Waals surface area contributed by atoms with Crippen molar-refractivity contribution in [2.45, 2.75) is 6.92 Å². The fraction of sp³-hybridized carbons (Fsp3) is 0.182. The number of fused-ring (bicyclic) bond motifs is 1. The second-order valence-electron chi connectivity index (χ2n) is 3.61. The molecule has 2 aromatic heterocycles. The number of urea groups is 1. The molecule has 8 nitrogen and oxygen atoms in total. The summed E-state index contributed by atoms with van der Waals surface area (Å²) in [5.74, 6) is 0.522. The van der Waals surface area contributed by atoms with Crippen molar-refractivity contribution in [3.8, 4) is 5.75 Å². The minimum absolute atomic E-state index is 0.162. The number of imidazole rings is 1. The molecule has 0 aliphatic carbocycles. The largest absolute Gasteiger partial charge is 0.511 e. The zero-order valence-corrected chi connectivity index (χ0v) is 10.1. The van der Waals surface area contributed by atoms with E-state index in [1.54, 1.807) is 23.7 Å². The molecule has 0 unspecified atom stereocenters. The quantitative estimate of drug-likeness (QED) is 0.729. The summed E-state index contributed by atoms with van der Waals surface area (Å²) in [4.78, 5) is 25.9. The van der Waals surface area contributed by atoms with Crippen LogP contribution >= 0.6 is 0 Å². The summed E-state index contributed by atoms with van der Waals surface area (Å²) in [6, 6.07) is 2.59. The Morgan fingerprint density at radius 3 is 3.00 bits per heavy atom. The zero-order chi connectivity index (χ0) is 13.8. The molecular weight excluding hydrogens is 252 g/mol. The first-order chi connectivity index (χ1) is 9.08. The minimum Gasteiger partial charge on any atom is -0.449 e. The molecule has 0 fully saturated rings. The molecule has 0 aliphatic rings. The molecule has 2 rings (SSSR count). The maximum atomic E-state index is 11.3. The average Bonchev–Trinajstić information content (AvgIpc) is 2.69. The van der Waals surface area contributed by atoms with E-state index in [0.29, 0.717) is 18.0 Å². The zero-order valence-electron chi connectivity index (χ0n) is 10.1. The van der Waals surface area contributed by atoms with Crippen molar-refractivity contribution in [1.82, 2.24) is 14.7 Å². The van der Waals surface area contributed by atoms with Crippen molar-refractivity contribution in [2.75, 3.05) is 11.9 Å². The molecule has 0 atom stereocenters. The third-order valence-corrected chi connectivity index (χ3v) is 2.22. The van der Waals surface area contributed by atoms with Crippen molar-refractivity contribution in [3.63, 3.8) is 0 Å². The summed E-state index contributed by atoms with van der Waals surface area (Å²) >= 11 is 0. The lowest BCUT2D eigenvalue weighted by molar-refractivity contribution is 0.144. The molecule has 100 valence electrons. The third-order valence-electron chi connectivity index (χ3n) is 2.22. The number of carbonyl (C=O) groups is 2. The fourth-order valence-electron chi connectivity index (χ4n) is 1.51. The Balaban J connectivity index is 2.20. The van der Waals surface area contributed by atoms with Gasteiger partial charge in [-0.25, -0.2) is 14.6 Å². The molecule has 2 aromatic rings. The van der Waals surface area contributed by atoms with E-state index >= 15 is 0 Å². The van der Waals surface area contributed by atoms with E-state index in [-0.39, 0.29) is 11.8 Å². The van der Waals surface area contributed by atoms with Gasteiger partial charge in [0.05, 0.1) is 6.20 Å². The van der Waals surface area contributed by atoms with Gasteiger partial charge in [0.25, 0.3) is 0 Å². The number of ether oxygens (including phenoxy) is 1. The van der Waals surface area contributed by atoms with Gasteiger partial charge in [-0.1, -0.05) is 0 Å². The number of hydrogen-bond donors (Lipinski definition) is 3. The van der Waals surface area contributed by atoms with Crippen LogP contribution in [0.25, 0.3) is 5.65 Å². The average molecular weight is 264 g/mol. The topological polar surface area (TPSA) is 105 Å². The number of hydrogen-bond acceptors (Lipinski definition) is 4. The molecule has 0 saturated carbocycles. The number of pyridine rings is 1. The molecule has 19 heavy (non-hydrogen) atoms. The molecule has 0 saturated heterocycles. The summed E-state index contributed by atoms with van der Waals surface area (Å²) in [7, 11) is 0. The lowest BCUT2D eigenvalue weighted by Crippen LogP contribution is -2.28. The molecule has 0 aliphatic heterocycles. The molecule has 0 aromatic carbocycles. The summed E-state index contributed by atoms with van der Waals surface area (Å²) in [5.41, 5.74) is 0.463. The highest BCUT2D eigenvalue weighted by Crippen LogP contribution is 2.16. The lowest BCUT2D eigenvalue weighted by atomic mass is 10.4. The number of nitrogens with zero attached hydrogens (tertiary/aromatic N) is 2. The van der Waals surface area contributed by atoms with E-state index in [2.05, 4.69) is 20.4 Å². The number of aromatic nitrogens is 2. The lowest BCUT2D eigenvalue weighted by Gasteiger charge is -2.00. The predicted molar refractivity (Wildman–Crippen MR) is 66.5 cm³/mol. The van der Waals surface area contributed by atoms with Crippen LogP contribution in [0.1, 0.15) is 6.92 Å². The van der Waals surface area contributed by atoms with Crippen LogP contribution in [-0.4, -0.2) is 33.2 Å². The van der Waals surface area contributed by atoms with Gasteiger partial charge in [0.1, 0.15) is 11.4 Å². The fourth-order valence-corrected chi connectivity index (χ4v) is 1.51. The number of amides is 2. The number of nitrogens with one attached hydrogen (secondary N) is 2. The highest BCUT2D eigenvalue weighted by atomic mass is 16.7. The number of carboxylic acid groups (broad SMARTS) is 1. The molecule has 8 heteroatoms. The van der Waals surface area contributed by atoms with Gasteiger partial charge in [0, 0.05) is 18.8 Å². The highest BCUT2D eigenvalue weighted by molar-refractivity contribution is 5.88. The summed E-state index contributed by atoms with van der Waals surface area (Å²) in [5, 5.41) is 13.6. The van der Waals surface area contributed by atoms with Gasteiger partial charge in [0.2, 0.25) is 0 Å². The smallest absolute Gasteiger partial charge is 0.449 e. The normalized spacial score (nSPS) is 10.2. The van der Waals surface area contributed by atoms with Crippen LogP contribution in [0.5, 0.6) is 5.75 Å². The van der Waals surface area contributed by atoms with Crippen LogP contribution in [0.15, 0.2) is 24.5 Å². The van der Waals surface area contributed by atoms with Crippen LogP contribution in [0, 0.1) is 0 Å². The third kappa shape index (κ3) is 3.12. The van der Waals surface area contributed by atoms with Crippen LogP contribution in [-0.2, 0) is 0 Å². The monoisotopic (exact) mass is 264 g/mol. The van der Waals surface area contributed by atoms with Crippen LogP contribution < -0.4 is 15.4 Å². The summed E-state index contributed by atoms with van der Waals surface area (Å²) in [6.45, 7) is 2.31. The second-order valence-corrected chi connectivity index (χ2v) is 3.61. The molecule has 2 amide bonds. The van der Waals surface area contributed by atoms with E-state index in [9.17, 15) is 9.59 Å². The summed E-state index contributed by atoms with van der Waals surface area (Å²) in [6.07, 6.45) is 1.80. The summed E-state index contributed by atoms with van der Waals surface area (Å²) < 4.78 is 6.15. The highest BCUT2D eigenvalue weighted by Gasteiger charge is 2.07. The Hall–Kier alpha value is -2.77. The molecule has 3 N–H and O–H groups in total. The van der Waals surface area contributed by atoms with Crippen LogP contribution in [0.2, 0.25) is 0 Å². The maximum Gasteiger partial charge on any atom is 0.511 e. The van der Waals surface area contributed by atoms with E-state index in [4.69, 9.17) is 5.11 Å². The van der Waals surface area contributed by atoms with Crippen molar-refractivity contribution in [3.05, 3.63) is 24.5 Å². The Morgan fingerprint density at radius 1 is 1.53 bits per heavy atom. The van der Waals surface area contributed by atoms with Gasteiger partial charge in [-0.2, -0.15) is 0 Å². The number of anilines is 1. The Morgan fingerprint density at radius 2 is 2.32 bits per heavy atom. The molecule has 2 heterocycles. The first-order valence-corrected chi connectivity index (χ1v) is 5.53. The van der Waals surface area contributed by atoms with Crippen molar-refractivity contribution >= 4 is 23.7 Å². The van der Waals surface area contributed by atoms with E-state index in [0.717, 1.165) is 0 Å². The molecule has 0 spiro atoms. The molecule has 0 bridgehead atoms. The van der Waals surface area contributed by atoms with Crippen molar-refractivity contribution < 1.29 is 19.4 Å². The number of rotatable bonds is 3. The Kier molecular flexibility index (Phi) is 3.51. The van der Waals surface area contributed by atoms with E-state index < -0.39 is 6.16 Å². The maximum absolute atomic E-state index is 11.3.